The zero-order chi connectivity index (χ0) is 8.39. The van der Waals surface area contributed by atoms with Gasteiger partial charge in [0.15, 0.2) is 0 Å². The molecule has 0 aliphatic carbocycles. The van der Waals surface area contributed by atoms with E-state index in [0.29, 0.717) is 0 Å². The fourth-order valence-electron chi connectivity index (χ4n) is 1.23. The van der Waals surface area contributed by atoms with Crippen molar-refractivity contribution in [3.63, 3.8) is 0 Å². The summed E-state index contributed by atoms with van der Waals surface area (Å²) in [5, 5.41) is 11.3. The SMILES string of the molecule is CNCc1[nH]nc2cnccc12. The molecule has 0 amide bonds. The van der Waals surface area contributed by atoms with Crippen LogP contribution in [0.4, 0.5) is 0 Å². The minimum absolute atomic E-state index is 0.806. The summed E-state index contributed by atoms with van der Waals surface area (Å²) in [5.41, 5.74) is 2.03. The smallest absolute Gasteiger partial charge is 0.111 e. The molecule has 2 heterocycles. The Bertz CT molecular complexity index is 379. The summed E-state index contributed by atoms with van der Waals surface area (Å²) in [7, 11) is 1.91. The van der Waals surface area contributed by atoms with E-state index in [1.54, 1.807) is 12.4 Å². The lowest BCUT2D eigenvalue weighted by molar-refractivity contribution is 0.789. The molecule has 2 aromatic rings. The molecule has 4 nitrogen and oxygen atoms in total. The molecule has 2 N–H and O–H groups in total. The average molecular weight is 162 g/mol. The van der Waals surface area contributed by atoms with Crippen LogP contribution in [0.5, 0.6) is 0 Å². The quantitative estimate of drug-likeness (QED) is 0.682. The van der Waals surface area contributed by atoms with E-state index in [2.05, 4.69) is 20.5 Å². The Balaban J connectivity index is 2.55. The summed E-state index contributed by atoms with van der Waals surface area (Å²) in [5.74, 6) is 0. The van der Waals surface area contributed by atoms with Gasteiger partial charge >= 0.3 is 0 Å². The Hall–Kier alpha value is -1.42. The molecule has 0 atom stereocenters. The number of nitrogens with zero attached hydrogens (tertiary/aromatic N) is 2. The van der Waals surface area contributed by atoms with Crippen molar-refractivity contribution in [3.05, 3.63) is 24.2 Å². The fraction of sp³-hybridized carbons (Fsp3) is 0.250. The molecule has 0 bridgehead atoms. The Morgan fingerprint density at radius 1 is 1.58 bits per heavy atom. The van der Waals surface area contributed by atoms with E-state index in [1.165, 1.54) is 0 Å². The van der Waals surface area contributed by atoms with Crippen LogP contribution >= 0.6 is 0 Å². The second-order valence-electron chi connectivity index (χ2n) is 2.63. The van der Waals surface area contributed by atoms with Crippen molar-refractivity contribution in [2.45, 2.75) is 6.54 Å². The molecule has 0 spiro atoms. The molecule has 0 aromatic carbocycles. The predicted octanol–water partition coefficient (Wildman–Crippen LogP) is 0.677. The molecule has 0 unspecified atom stereocenters. The van der Waals surface area contributed by atoms with Gasteiger partial charge in [-0.1, -0.05) is 0 Å². The molecule has 0 fully saturated rings. The summed E-state index contributed by atoms with van der Waals surface area (Å²) >= 11 is 0. The lowest BCUT2D eigenvalue weighted by atomic mass is 10.2. The first-order valence-corrected chi connectivity index (χ1v) is 3.83. The molecule has 0 saturated heterocycles. The van der Waals surface area contributed by atoms with E-state index in [0.717, 1.165) is 23.1 Å². The lowest BCUT2D eigenvalue weighted by Crippen LogP contribution is -2.05. The predicted molar refractivity (Wildman–Crippen MR) is 46.7 cm³/mol. The Labute approximate surface area is 70.0 Å². The van der Waals surface area contributed by atoms with Gasteiger partial charge in [0.1, 0.15) is 5.52 Å². The molecule has 12 heavy (non-hydrogen) atoms. The zero-order valence-corrected chi connectivity index (χ0v) is 6.83. The number of fused-ring (bicyclic) bond motifs is 1. The van der Waals surface area contributed by atoms with Crippen molar-refractivity contribution in [3.8, 4) is 0 Å². The van der Waals surface area contributed by atoms with Crippen LogP contribution in [0.25, 0.3) is 10.9 Å². The monoisotopic (exact) mass is 162 g/mol. The van der Waals surface area contributed by atoms with Gasteiger partial charge in [-0.2, -0.15) is 5.10 Å². The van der Waals surface area contributed by atoms with E-state index < -0.39 is 0 Å². The van der Waals surface area contributed by atoms with Gasteiger partial charge in [0.25, 0.3) is 0 Å². The van der Waals surface area contributed by atoms with Crippen molar-refractivity contribution < 1.29 is 0 Å². The molecule has 2 rings (SSSR count). The number of hydrogen-bond donors (Lipinski definition) is 2. The number of aromatic amines is 1. The van der Waals surface area contributed by atoms with E-state index in [1.807, 2.05) is 13.1 Å². The fourth-order valence-corrected chi connectivity index (χ4v) is 1.23. The van der Waals surface area contributed by atoms with Gasteiger partial charge in [-0.3, -0.25) is 10.1 Å². The number of aromatic nitrogens is 3. The largest absolute Gasteiger partial charge is 0.314 e. The first kappa shape index (κ1) is 7.24. The molecular formula is C8H10N4. The molecule has 2 aromatic heterocycles. The summed E-state index contributed by atoms with van der Waals surface area (Å²) < 4.78 is 0. The van der Waals surface area contributed by atoms with Crippen LogP contribution in [-0.4, -0.2) is 22.2 Å². The molecule has 4 heteroatoms. The molecular weight excluding hydrogens is 152 g/mol. The van der Waals surface area contributed by atoms with Gasteiger partial charge in [0, 0.05) is 18.1 Å². The maximum Gasteiger partial charge on any atom is 0.111 e. The summed E-state index contributed by atoms with van der Waals surface area (Å²) in [6.07, 6.45) is 3.53. The van der Waals surface area contributed by atoms with Gasteiger partial charge in [-0.25, -0.2) is 0 Å². The third-order valence-corrected chi connectivity index (χ3v) is 1.79. The summed E-state index contributed by atoms with van der Waals surface area (Å²) in [6.45, 7) is 0.806. The van der Waals surface area contributed by atoms with Gasteiger partial charge < -0.3 is 5.32 Å². The Morgan fingerprint density at radius 2 is 2.50 bits per heavy atom. The second kappa shape index (κ2) is 2.91. The summed E-state index contributed by atoms with van der Waals surface area (Å²) in [6, 6.07) is 1.96. The van der Waals surface area contributed by atoms with Crippen LogP contribution in [0.15, 0.2) is 18.5 Å². The maximum absolute atomic E-state index is 4.11. The first-order chi connectivity index (χ1) is 5.92. The van der Waals surface area contributed by atoms with Gasteiger partial charge in [-0.05, 0) is 13.1 Å². The van der Waals surface area contributed by atoms with E-state index in [-0.39, 0.29) is 0 Å². The molecule has 0 saturated carbocycles. The van der Waals surface area contributed by atoms with E-state index in [9.17, 15) is 0 Å². The molecule has 0 aliphatic rings. The van der Waals surface area contributed by atoms with Crippen molar-refractivity contribution in [1.82, 2.24) is 20.5 Å². The minimum Gasteiger partial charge on any atom is -0.314 e. The first-order valence-electron chi connectivity index (χ1n) is 3.83. The Kier molecular flexibility index (Phi) is 1.75. The van der Waals surface area contributed by atoms with E-state index >= 15 is 0 Å². The summed E-state index contributed by atoms with van der Waals surface area (Å²) in [4.78, 5) is 3.98. The normalized spacial score (nSPS) is 10.8. The topological polar surface area (TPSA) is 53.6 Å². The van der Waals surface area contributed by atoms with Crippen molar-refractivity contribution in [1.29, 1.82) is 0 Å². The molecule has 0 radical (unpaired) electrons. The highest BCUT2D eigenvalue weighted by Gasteiger charge is 2.01. The van der Waals surface area contributed by atoms with Crippen molar-refractivity contribution >= 4 is 10.9 Å². The third-order valence-electron chi connectivity index (χ3n) is 1.79. The lowest BCUT2D eigenvalue weighted by Gasteiger charge is -1.94. The van der Waals surface area contributed by atoms with Crippen molar-refractivity contribution in [2.75, 3.05) is 7.05 Å². The van der Waals surface area contributed by atoms with Crippen LogP contribution in [0.3, 0.4) is 0 Å². The van der Waals surface area contributed by atoms with Gasteiger partial charge in [0.2, 0.25) is 0 Å². The number of H-pyrrole nitrogens is 1. The number of rotatable bonds is 2. The highest BCUT2D eigenvalue weighted by Crippen LogP contribution is 2.12. The van der Waals surface area contributed by atoms with Gasteiger partial charge in [-0.15, -0.1) is 0 Å². The number of hydrogen-bond acceptors (Lipinski definition) is 3. The molecule has 0 aliphatic heterocycles. The van der Waals surface area contributed by atoms with Crippen LogP contribution < -0.4 is 5.32 Å². The molecule has 62 valence electrons. The van der Waals surface area contributed by atoms with Crippen LogP contribution in [0.1, 0.15) is 5.69 Å². The highest BCUT2D eigenvalue weighted by molar-refractivity contribution is 5.79. The average Bonchev–Trinajstić information content (AvgIpc) is 2.50. The standard InChI is InChI=1S/C8H10N4/c1-9-4-7-6-2-3-10-5-8(6)12-11-7/h2-3,5,9H,4H2,1H3,(H,11,12). The third kappa shape index (κ3) is 1.06. The van der Waals surface area contributed by atoms with Gasteiger partial charge in [0.05, 0.1) is 11.9 Å². The highest BCUT2D eigenvalue weighted by atomic mass is 15.1. The van der Waals surface area contributed by atoms with Crippen LogP contribution in [0, 0.1) is 0 Å². The van der Waals surface area contributed by atoms with E-state index in [4.69, 9.17) is 0 Å². The van der Waals surface area contributed by atoms with Crippen LogP contribution in [0.2, 0.25) is 0 Å². The second-order valence-corrected chi connectivity index (χ2v) is 2.63. The Morgan fingerprint density at radius 3 is 3.33 bits per heavy atom. The minimum atomic E-state index is 0.806. The van der Waals surface area contributed by atoms with Crippen LogP contribution in [-0.2, 0) is 6.54 Å². The maximum atomic E-state index is 4.11. The number of pyridine rings is 1. The zero-order valence-electron chi connectivity index (χ0n) is 6.83. The van der Waals surface area contributed by atoms with Crippen molar-refractivity contribution in [2.24, 2.45) is 0 Å². The number of nitrogens with one attached hydrogen (secondary N) is 2.